The van der Waals surface area contributed by atoms with Crippen molar-refractivity contribution < 1.29 is 19.5 Å². The molecule has 2 rings (SSSR count). The maximum Gasteiger partial charge on any atom is 0.325 e. The number of aliphatic carboxylic acids is 1. The molecule has 1 atom stereocenters. The van der Waals surface area contributed by atoms with Gasteiger partial charge in [0, 0.05) is 18.3 Å². The number of likely N-dealkylation sites (tertiary alicyclic amines) is 1. The van der Waals surface area contributed by atoms with Gasteiger partial charge in [0.1, 0.15) is 0 Å². The summed E-state index contributed by atoms with van der Waals surface area (Å²) in [6.45, 7) is 5.50. The molecule has 8 nitrogen and oxygen atoms in total. The minimum absolute atomic E-state index is 0.0176. The average molecular weight is 390 g/mol. The van der Waals surface area contributed by atoms with Crippen LogP contribution in [-0.2, 0) is 9.59 Å². The molecular weight excluding hydrogens is 360 g/mol. The van der Waals surface area contributed by atoms with Crippen molar-refractivity contribution in [1.82, 2.24) is 15.1 Å². The second kappa shape index (κ2) is 10.2. The predicted molar refractivity (Wildman–Crippen MR) is 107 cm³/mol. The molecule has 0 spiro atoms. The summed E-state index contributed by atoms with van der Waals surface area (Å²) in [5.74, 6) is -1.18. The minimum Gasteiger partial charge on any atom is -0.480 e. The number of likely N-dealkylation sites (N-methyl/N-ethyl adjacent to an activating group) is 1. The molecule has 1 aromatic carbocycles. The third-order valence-corrected chi connectivity index (χ3v) is 5.27. The van der Waals surface area contributed by atoms with Crippen LogP contribution in [0, 0.1) is 13.8 Å². The van der Waals surface area contributed by atoms with Gasteiger partial charge < -0.3 is 10.4 Å². The van der Waals surface area contributed by atoms with E-state index in [2.05, 4.69) is 10.6 Å². The number of carbonyl (C=O) groups is 3. The summed E-state index contributed by atoms with van der Waals surface area (Å²) in [7, 11) is 1.82. The van der Waals surface area contributed by atoms with Gasteiger partial charge in [-0.3, -0.25) is 24.7 Å². The Labute approximate surface area is 165 Å². The highest BCUT2D eigenvalue weighted by atomic mass is 16.4. The largest absolute Gasteiger partial charge is 0.480 e. The molecule has 1 aliphatic heterocycles. The first-order valence-corrected chi connectivity index (χ1v) is 9.57. The zero-order valence-electron chi connectivity index (χ0n) is 16.8. The first-order chi connectivity index (χ1) is 13.3. The van der Waals surface area contributed by atoms with Crippen molar-refractivity contribution in [1.29, 1.82) is 0 Å². The van der Waals surface area contributed by atoms with E-state index < -0.39 is 12.0 Å². The van der Waals surface area contributed by atoms with E-state index in [1.54, 1.807) is 6.07 Å². The van der Waals surface area contributed by atoms with Gasteiger partial charge in [-0.2, -0.15) is 0 Å². The Hall–Kier alpha value is -2.45. The van der Waals surface area contributed by atoms with E-state index in [-0.39, 0.29) is 25.0 Å². The summed E-state index contributed by atoms with van der Waals surface area (Å²) in [5.41, 5.74) is 2.72. The number of nitrogens with one attached hydrogen (secondary N) is 2. The molecular formula is C20H30N4O4. The van der Waals surface area contributed by atoms with Gasteiger partial charge in [-0.15, -0.1) is 0 Å². The van der Waals surface area contributed by atoms with E-state index in [1.165, 1.54) is 0 Å². The quantitative estimate of drug-likeness (QED) is 0.685. The fourth-order valence-corrected chi connectivity index (χ4v) is 3.49. The van der Waals surface area contributed by atoms with Crippen LogP contribution in [0.4, 0.5) is 10.5 Å². The third kappa shape index (κ3) is 6.61. The highest BCUT2D eigenvalue weighted by Gasteiger charge is 2.23. The Morgan fingerprint density at radius 3 is 2.68 bits per heavy atom. The van der Waals surface area contributed by atoms with Crippen molar-refractivity contribution in [2.75, 3.05) is 38.5 Å². The summed E-state index contributed by atoms with van der Waals surface area (Å²) in [6.07, 6.45) is 2.58. The number of carboxylic acids is 1. The van der Waals surface area contributed by atoms with Gasteiger partial charge in [0.05, 0.1) is 13.1 Å². The molecule has 1 saturated heterocycles. The number of amides is 3. The minimum atomic E-state index is -0.835. The van der Waals surface area contributed by atoms with Crippen LogP contribution >= 0.6 is 0 Å². The number of rotatable bonds is 6. The van der Waals surface area contributed by atoms with Crippen LogP contribution in [0.15, 0.2) is 18.2 Å². The lowest BCUT2D eigenvalue weighted by Crippen LogP contribution is -2.42. The SMILES string of the molecule is Cc1cccc(NC(=O)NC(=O)CN2CCCC(N(C)CC(=O)O)CC2)c1C. The molecule has 28 heavy (non-hydrogen) atoms. The highest BCUT2D eigenvalue weighted by molar-refractivity contribution is 6.02. The number of carbonyl (C=O) groups excluding carboxylic acids is 2. The van der Waals surface area contributed by atoms with E-state index in [4.69, 9.17) is 5.11 Å². The van der Waals surface area contributed by atoms with Crippen LogP contribution in [0.3, 0.4) is 0 Å². The van der Waals surface area contributed by atoms with Crippen LogP contribution in [0.2, 0.25) is 0 Å². The topological polar surface area (TPSA) is 102 Å². The Kier molecular flexibility index (Phi) is 7.95. The second-order valence-electron chi connectivity index (χ2n) is 7.42. The van der Waals surface area contributed by atoms with Gasteiger partial charge in [0.15, 0.2) is 0 Å². The molecule has 8 heteroatoms. The number of imide groups is 1. The predicted octanol–water partition coefficient (Wildman–Crippen LogP) is 1.82. The summed E-state index contributed by atoms with van der Waals surface area (Å²) in [4.78, 5) is 39.1. The smallest absolute Gasteiger partial charge is 0.325 e. The first-order valence-electron chi connectivity index (χ1n) is 9.57. The number of carboxylic acid groups (broad SMARTS) is 1. The molecule has 0 aliphatic carbocycles. The Morgan fingerprint density at radius 1 is 1.21 bits per heavy atom. The van der Waals surface area contributed by atoms with E-state index in [1.807, 2.05) is 42.8 Å². The van der Waals surface area contributed by atoms with Crippen molar-refractivity contribution in [3.05, 3.63) is 29.3 Å². The fourth-order valence-electron chi connectivity index (χ4n) is 3.49. The van der Waals surface area contributed by atoms with Crippen molar-refractivity contribution in [2.24, 2.45) is 0 Å². The molecule has 0 saturated carbocycles. The molecule has 3 amide bonds. The third-order valence-electron chi connectivity index (χ3n) is 5.27. The van der Waals surface area contributed by atoms with Crippen molar-refractivity contribution in [2.45, 2.75) is 39.2 Å². The maximum absolute atomic E-state index is 12.2. The van der Waals surface area contributed by atoms with Crippen LogP contribution in [0.5, 0.6) is 0 Å². The van der Waals surface area contributed by atoms with Gasteiger partial charge in [0.2, 0.25) is 5.91 Å². The lowest BCUT2D eigenvalue weighted by Gasteiger charge is -2.25. The van der Waals surface area contributed by atoms with Gasteiger partial charge in [0.25, 0.3) is 0 Å². The summed E-state index contributed by atoms with van der Waals surface area (Å²) in [5, 5.41) is 14.0. The molecule has 3 N–H and O–H groups in total. The van der Waals surface area contributed by atoms with Gasteiger partial charge >= 0.3 is 12.0 Å². The number of nitrogens with zero attached hydrogens (tertiary/aromatic N) is 2. The van der Waals surface area contributed by atoms with E-state index in [9.17, 15) is 14.4 Å². The first kappa shape index (κ1) is 21.8. The molecule has 1 unspecified atom stereocenters. The molecule has 154 valence electrons. The van der Waals surface area contributed by atoms with Crippen LogP contribution < -0.4 is 10.6 Å². The fraction of sp³-hybridized carbons (Fsp3) is 0.550. The normalized spacial score (nSPS) is 17.8. The number of urea groups is 1. The molecule has 0 bridgehead atoms. The van der Waals surface area contributed by atoms with Crippen LogP contribution in [0.1, 0.15) is 30.4 Å². The van der Waals surface area contributed by atoms with E-state index in [0.29, 0.717) is 12.2 Å². The Balaban J connectivity index is 1.80. The summed E-state index contributed by atoms with van der Waals surface area (Å²) >= 11 is 0. The van der Waals surface area contributed by atoms with Gasteiger partial charge in [-0.1, -0.05) is 12.1 Å². The number of anilines is 1. The van der Waals surface area contributed by atoms with Crippen molar-refractivity contribution >= 4 is 23.6 Å². The zero-order chi connectivity index (χ0) is 20.7. The molecule has 0 radical (unpaired) electrons. The molecule has 1 fully saturated rings. The molecule has 1 aromatic rings. The number of hydrogen-bond acceptors (Lipinski definition) is 5. The Bertz CT molecular complexity index is 722. The second-order valence-corrected chi connectivity index (χ2v) is 7.42. The van der Waals surface area contributed by atoms with Crippen molar-refractivity contribution in [3.8, 4) is 0 Å². The Morgan fingerprint density at radius 2 is 1.96 bits per heavy atom. The monoisotopic (exact) mass is 390 g/mol. The van der Waals surface area contributed by atoms with Crippen molar-refractivity contribution in [3.63, 3.8) is 0 Å². The zero-order valence-corrected chi connectivity index (χ0v) is 16.8. The number of benzene rings is 1. The highest BCUT2D eigenvalue weighted by Crippen LogP contribution is 2.18. The van der Waals surface area contributed by atoms with E-state index >= 15 is 0 Å². The lowest BCUT2D eigenvalue weighted by atomic mass is 10.1. The maximum atomic E-state index is 12.2. The standard InChI is InChI=1S/C20H30N4O4/c1-14-6-4-8-17(15(14)2)21-20(28)22-18(25)12-24-10-5-7-16(9-11-24)23(3)13-19(26)27/h4,6,8,16H,5,7,9-13H2,1-3H3,(H,26,27)(H2,21,22,25,28). The van der Waals surface area contributed by atoms with Crippen LogP contribution in [0.25, 0.3) is 0 Å². The van der Waals surface area contributed by atoms with E-state index in [0.717, 1.165) is 36.9 Å². The molecule has 1 aliphatic rings. The number of hydrogen-bond donors (Lipinski definition) is 3. The van der Waals surface area contributed by atoms with Gasteiger partial charge in [-0.25, -0.2) is 4.79 Å². The average Bonchev–Trinajstić information content (AvgIpc) is 2.84. The number of aryl methyl sites for hydroxylation is 1. The van der Waals surface area contributed by atoms with Gasteiger partial charge in [-0.05, 0) is 63.9 Å². The lowest BCUT2D eigenvalue weighted by molar-refractivity contribution is -0.138. The molecule has 0 aromatic heterocycles. The van der Waals surface area contributed by atoms with Crippen LogP contribution in [-0.4, -0.2) is 72.1 Å². The summed E-state index contributed by atoms with van der Waals surface area (Å²) in [6, 6.07) is 5.28. The summed E-state index contributed by atoms with van der Waals surface area (Å²) < 4.78 is 0. The molecule has 1 heterocycles.